The molecule has 1 atom stereocenters. The Kier molecular flexibility index (Phi) is 4.26. The van der Waals surface area contributed by atoms with Gasteiger partial charge in [0, 0.05) is 5.56 Å². The van der Waals surface area contributed by atoms with Crippen LogP contribution in [0.15, 0.2) is 42.5 Å². The Morgan fingerprint density at radius 3 is 2.62 bits per heavy atom. The van der Waals surface area contributed by atoms with E-state index in [0.29, 0.717) is 12.0 Å². The minimum absolute atomic E-state index is 0.192. The Balaban J connectivity index is 1.43. The Labute approximate surface area is 170 Å². The van der Waals surface area contributed by atoms with Crippen molar-refractivity contribution in [2.24, 2.45) is 0 Å². The first-order valence-corrected chi connectivity index (χ1v) is 10.5. The number of imide groups is 1. The van der Waals surface area contributed by atoms with Gasteiger partial charge in [-0.1, -0.05) is 36.4 Å². The monoisotopic (exact) mass is 388 g/mol. The molecular weight excluding hydrogens is 364 g/mol. The Hall–Kier alpha value is -2.95. The van der Waals surface area contributed by atoms with Crippen molar-refractivity contribution in [2.75, 3.05) is 6.54 Å². The molecule has 1 saturated heterocycles. The summed E-state index contributed by atoms with van der Waals surface area (Å²) in [5.74, 6) is -0.492. The molecule has 1 aliphatic heterocycles. The van der Waals surface area contributed by atoms with Gasteiger partial charge in [0.25, 0.3) is 5.91 Å². The second-order valence-corrected chi connectivity index (χ2v) is 8.35. The molecule has 5 rings (SSSR count). The lowest BCUT2D eigenvalue weighted by molar-refractivity contribution is -0.131. The van der Waals surface area contributed by atoms with Crippen LogP contribution in [0.2, 0.25) is 0 Å². The van der Waals surface area contributed by atoms with Gasteiger partial charge in [0.2, 0.25) is 0 Å². The van der Waals surface area contributed by atoms with Crippen molar-refractivity contribution in [2.45, 2.75) is 50.5 Å². The Morgan fingerprint density at radius 2 is 1.72 bits per heavy atom. The van der Waals surface area contributed by atoms with Gasteiger partial charge in [0.15, 0.2) is 5.78 Å². The molecule has 1 fully saturated rings. The van der Waals surface area contributed by atoms with E-state index in [1.165, 1.54) is 11.1 Å². The van der Waals surface area contributed by atoms with Gasteiger partial charge in [0.1, 0.15) is 5.54 Å². The summed E-state index contributed by atoms with van der Waals surface area (Å²) in [6, 6.07) is 13.1. The molecule has 0 bridgehead atoms. The lowest BCUT2D eigenvalue weighted by atomic mass is 9.84. The zero-order valence-electron chi connectivity index (χ0n) is 16.4. The summed E-state index contributed by atoms with van der Waals surface area (Å²) in [7, 11) is 0. The zero-order valence-corrected chi connectivity index (χ0v) is 16.4. The molecule has 2 aromatic carbocycles. The van der Waals surface area contributed by atoms with Crippen molar-refractivity contribution >= 4 is 17.7 Å². The number of carbonyl (C=O) groups is 3. The van der Waals surface area contributed by atoms with Crippen molar-refractivity contribution in [1.82, 2.24) is 10.2 Å². The fraction of sp³-hybridized carbons (Fsp3) is 0.375. The summed E-state index contributed by atoms with van der Waals surface area (Å²) in [5, 5.41) is 2.95. The van der Waals surface area contributed by atoms with E-state index in [9.17, 15) is 14.4 Å². The third-order valence-corrected chi connectivity index (χ3v) is 6.62. The highest BCUT2D eigenvalue weighted by Gasteiger charge is 2.53. The molecule has 29 heavy (non-hydrogen) atoms. The number of benzene rings is 2. The van der Waals surface area contributed by atoms with E-state index < -0.39 is 11.6 Å². The van der Waals surface area contributed by atoms with Crippen LogP contribution in [0.5, 0.6) is 0 Å². The maximum Gasteiger partial charge on any atom is 0.325 e. The van der Waals surface area contributed by atoms with Crippen LogP contribution in [0, 0.1) is 0 Å². The number of urea groups is 1. The molecular formula is C24H24N2O3. The molecule has 0 radical (unpaired) electrons. The van der Waals surface area contributed by atoms with E-state index in [2.05, 4.69) is 5.32 Å². The van der Waals surface area contributed by atoms with E-state index in [4.69, 9.17) is 0 Å². The third-order valence-electron chi connectivity index (χ3n) is 6.62. The standard InChI is InChI=1S/C24H24N2O3/c27-21(19-12-11-16-8-5-9-18(16)14-19)15-26-22(28)24(25-23(26)29)13-4-3-7-17-6-1-2-10-20(17)24/h1-2,6,10-12,14H,3-5,7-9,13,15H2,(H,25,29)/t24-/m1/s1. The summed E-state index contributed by atoms with van der Waals surface area (Å²) >= 11 is 0. The molecule has 5 nitrogen and oxygen atoms in total. The van der Waals surface area contributed by atoms with Crippen molar-refractivity contribution in [3.05, 3.63) is 70.3 Å². The molecule has 0 aromatic heterocycles. The number of carbonyl (C=O) groups excluding carboxylic acids is 3. The molecule has 2 aromatic rings. The van der Waals surface area contributed by atoms with Crippen LogP contribution in [0.3, 0.4) is 0 Å². The number of nitrogens with one attached hydrogen (secondary N) is 1. The fourth-order valence-corrected chi connectivity index (χ4v) is 5.10. The summed E-state index contributed by atoms with van der Waals surface area (Å²) in [5.41, 5.74) is 4.03. The van der Waals surface area contributed by atoms with E-state index in [1.54, 1.807) is 0 Å². The molecule has 1 N–H and O–H groups in total. The highest BCUT2D eigenvalue weighted by Crippen LogP contribution is 2.39. The van der Waals surface area contributed by atoms with Crippen LogP contribution >= 0.6 is 0 Å². The Bertz CT molecular complexity index is 1030. The first kappa shape index (κ1) is 18.1. The summed E-state index contributed by atoms with van der Waals surface area (Å²) in [6.45, 7) is -0.215. The van der Waals surface area contributed by atoms with Gasteiger partial charge >= 0.3 is 6.03 Å². The average Bonchev–Trinajstić information content (AvgIpc) is 3.23. The van der Waals surface area contributed by atoms with Gasteiger partial charge in [-0.2, -0.15) is 0 Å². The number of hydrogen-bond donors (Lipinski definition) is 1. The number of aryl methyl sites for hydroxylation is 3. The van der Waals surface area contributed by atoms with Crippen LogP contribution < -0.4 is 5.32 Å². The number of ketones is 1. The van der Waals surface area contributed by atoms with Crippen LogP contribution in [0.1, 0.15) is 58.3 Å². The molecule has 148 valence electrons. The number of rotatable bonds is 3. The van der Waals surface area contributed by atoms with E-state index >= 15 is 0 Å². The summed E-state index contributed by atoms with van der Waals surface area (Å²) < 4.78 is 0. The van der Waals surface area contributed by atoms with Gasteiger partial charge < -0.3 is 5.32 Å². The second kappa shape index (κ2) is 6.83. The average molecular weight is 388 g/mol. The largest absolute Gasteiger partial charge is 0.325 e. The minimum Gasteiger partial charge on any atom is -0.319 e. The second-order valence-electron chi connectivity index (χ2n) is 8.35. The highest BCUT2D eigenvalue weighted by molar-refractivity contribution is 6.11. The third kappa shape index (κ3) is 2.87. The predicted molar refractivity (Wildman–Crippen MR) is 109 cm³/mol. The van der Waals surface area contributed by atoms with Gasteiger partial charge in [-0.05, 0) is 73.3 Å². The van der Waals surface area contributed by atoms with Gasteiger partial charge in [-0.3, -0.25) is 14.5 Å². The van der Waals surface area contributed by atoms with Crippen LogP contribution in [0.25, 0.3) is 0 Å². The van der Waals surface area contributed by atoms with Crippen molar-refractivity contribution in [1.29, 1.82) is 0 Å². The van der Waals surface area contributed by atoms with Crippen LogP contribution in [0.4, 0.5) is 4.79 Å². The predicted octanol–water partition coefficient (Wildman–Crippen LogP) is 3.53. The zero-order chi connectivity index (χ0) is 20.0. The molecule has 1 spiro atoms. The molecule has 0 unspecified atom stereocenters. The molecule has 5 heteroatoms. The minimum atomic E-state index is -1.04. The normalized spacial score (nSPS) is 23.0. The quantitative estimate of drug-likeness (QED) is 0.646. The van der Waals surface area contributed by atoms with Gasteiger partial charge in [-0.25, -0.2) is 4.79 Å². The van der Waals surface area contributed by atoms with Crippen molar-refractivity contribution in [3.8, 4) is 0 Å². The van der Waals surface area contributed by atoms with Crippen molar-refractivity contribution in [3.63, 3.8) is 0 Å². The number of Topliss-reactive ketones (excluding diaryl/α,β-unsaturated/α-hetero) is 1. The maximum absolute atomic E-state index is 13.5. The summed E-state index contributed by atoms with van der Waals surface area (Å²) in [4.78, 5) is 40.2. The molecule has 3 aliphatic rings. The molecule has 2 aliphatic carbocycles. The topological polar surface area (TPSA) is 66.5 Å². The number of hydrogen-bond acceptors (Lipinski definition) is 3. The van der Waals surface area contributed by atoms with E-state index in [-0.39, 0.29) is 18.2 Å². The van der Waals surface area contributed by atoms with Crippen molar-refractivity contribution < 1.29 is 14.4 Å². The molecule has 3 amide bonds. The lowest BCUT2D eigenvalue weighted by Crippen LogP contribution is -2.44. The van der Waals surface area contributed by atoms with Gasteiger partial charge in [0.05, 0.1) is 6.54 Å². The van der Waals surface area contributed by atoms with E-state index in [1.807, 2.05) is 42.5 Å². The van der Waals surface area contributed by atoms with Crippen LogP contribution in [-0.2, 0) is 29.6 Å². The first-order valence-electron chi connectivity index (χ1n) is 10.5. The highest BCUT2D eigenvalue weighted by atomic mass is 16.2. The number of fused-ring (bicyclic) bond motifs is 3. The fourth-order valence-electron chi connectivity index (χ4n) is 5.10. The number of amides is 3. The maximum atomic E-state index is 13.5. The first-order chi connectivity index (χ1) is 14.1. The SMILES string of the molecule is O=C(CN1C(=O)N[C@@]2(CCCCc3ccccc32)C1=O)c1ccc2c(c1)CCC2. The summed E-state index contributed by atoms with van der Waals surface area (Å²) in [6.07, 6.45) is 6.46. The van der Waals surface area contributed by atoms with E-state index in [0.717, 1.165) is 54.6 Å². The number of nitrogens with zero attached hydrogens (tertiary/aromatic N) is 1. The Morgan fingerprint density at radius 1 is 0.931 bits per heavy atom. The lowest BCUT2D eigenvalue weighted by Gasteiger charge is -2.27. The van der Waals surface area contributed by atoms with Crippen LogP contribution in [-0.4, -0.2) is 29.2 Å². The smallest absolute Gasteiger partial charge is 0.319 e. The molecule has 1 heterocycles. The molecule has 0 saturated carbocycles. The van der Waals surface area contributed by atoms with Gasteiger partial charge in [-0.15, -0.1) is 0 Å².